The molecule has 20 heavy (non-hydrogen) atoms. The zero-order chi connectivity index (χ0) is 13.4. The number of nitrogens with one attached hydrogen (secondary N) is 1. The van der Waals surface area contributed by atoms with Gasteiger partial charge in [0, 0.05) is 30.4 Å². The van der Waals surface area contributed by atoms with Crippen molar-refractivity contribution >= 4 is 28.7 Å². The van der Waals surface area contributed by atoms with Crippen LogP contribution in [0.1, 0.15) is 18.5 Å². The van der Waals surface area contributed by atoms with E-state index in [-0.39, 0.29) is 0 Å². The van der Waals surface area contributed by atoms with Crippen LogP contribution in [0.25, 0.3) is 5.65 Å². The van der Waals surface area contributed by atoms with Crippen LogP contribution < -0.4 is 5.32 Å². The molecule has 1 N–H and O–H groups in total. The van der Waals surface area contributed by atoms with Gasteiger partial charge in [0.05, 0.1) is 5.69 Å². The number of nitrogens with zero attached hydrogens (tertiary/aromatic N) is 3. The molecule has 0 aromatic carbocycles. The van der Waals surface area contributed by atoms with E-state index in [1.54, 1.807) is 23.1 Å². The van der Waals surface area contributed by atoms with Crippen molar-refractivity contribution in [2.24, 2.45) is 0 Å². The number of rotatable bonds is 5. The molecule has 102 valence electrons. The molecule has 4 nitrogen and oxygen atoms in total. The van der Waals surface area contributed by atoms with Crippen molar-refractivity contribution < 1.29 is 0 Å². The molecule has 3 heterocycles. The third-order valence-electron chi connectivity index (χ3n) is 3.32. The van der Waals surface area contributed by atoms with E-state index in [4.69, 9.17) is 4.98 Å². The van der Waals surface area contributed by atoms with E-state index in [0.29, 0.717) is 6.04 Å². The highest BCUT2D eigenvalue weighted by Crippen LogP contribution is 2.32. The first-order chi connectivity index (χ1) is 9.90. The maximum Gasteiger partial charge on any atom is 0.156 e. The van der Waals surface area contributed by atoms with Crippen LogP contribution in [-0.2, 0) is 6.54 Å². The van der Waals surface area contributed by atoms with Gasteiger partial charge in [0.25, 0.3) is 0 Å². The number of hydrogen-bond donors (Lipinski definition) is 1. The first kappa shape index (κ1) is 12.4. The Labute approximate surface area is 125 Å². The fourth-order valence-corrected chi connectivity index (χ4v) is 3.80. The van der Waals surface area contributed by atoms with Crippen molar-refractivity contribution in [3.05, 3.63) is 41.7 Å². The van der Waals surface area contributed by atoms with Gasteiger partial charge in [-0.15, -0.1) is 11.3 Å². The average molecular weight is 302 g/mol. The summed E-state index contributed by atoms with van der Waals surface area (Å²) >= 11 is 3.31. The molecule has 6 heteroatoms. The minimum Gasteiger partial charge on any atom is -0.308 e. The van der Waals surface area contributed by atoms with Gasteiger partial charge in [0.1, 0.15) is 10.7 Å². The predicted molar refractivity (Wildman–Crippen MR) is 81.3 cm³/mol. The Hall–Kier alpha value is -1.37. The van der Waals surface area contributed by atoms with Crippen LogP contribution in [0.2, 0.25) is 0 Å². The second-order valence-electron chi connectivity index (χ2n) is 4.85. The van der Waals surface area contributed by atoms with Crippen LogP contribution in [0.3, 0.4) is 0 Å². The predicted octanol–water partition coefficient (Wildman–Crippen LogP) is 3.19. The summed E-state index contributed by atoms with van der Waals surface area (Å²) in [5, 5.41) is 6.64. The fraction of sp³-hybridized carbons (Fsp3) is 0.286. The molecule has 0 aliphatic heterocycles. The minimum absolute atomic E-state index is 0.696. The second kappa shape index (κ2) is 5.20. The molecule has 0 radical (unpaired) electrons. The lowest BCUT2D eigenvalue weighted by molar-refractivity contribution is 0.661. The van der Waals surface area contributed by atoms with Gasteiger partial charge in [-0.25, -0.2) is 9.97 Å². The summed E-state index contributed by atoms with van der Waals surface area (Å²) in [7, 11) is 0. The summed E-state index contributed by atoms with van der Waals surface area (Å²) in [6.07, 6.45) is 6.51. The third-order valence-corrected chi connectivity index (χ3v) is 5.23. The average Bonchev–Trinajstić information content (AvgIpc) is 3.03. The molecule has 1 aliphatic rings. The highest BCUT2D eigenvalue weighted by molar-refractivity contribution is 8.01. The van der Waals surface area contributed by atoms with Crippen LogP contribution in [0, 0.1) is 0 Å². The standard InChI is InChI=1S/C14H14N4S2/c1-2-7-18-11(9-16-10-4-5-10)13(17-12(18)3-1)20-14-15-6-8-19-14/h1-3,6-8,10,16H,4-5,9H2. The Balaban J connectivity index is 1.70. The van der Waals surface area contributed by atoms with Gasteiger partial charge in [-0.3, -0.25) is 0 Å². The van der Waals surface area contributed by atoms with Gasteiger partial charge in [-0.2, -0.15) is 0 Å². The van der Waals surface area contributed by atoms with E-state index in [9.17, 15) is 0 Å². The van der Waals surface area contributed by atoms with Crippen LogP contribution in [0.4, 0.5) is 0 Å². The monoisotopic (exact) mass is 302 g/mol. The van der Waals surface area contributed by atoms with E-state index in [1.165, 1.54) is 18.5 Å². The van der Waals surface area contributed by atoms with E-state index in [2.05, 4.69) is 20.9 Å². The van der Waals surface area contributed by atoms with Crippen molar-refractivity contribution in [2.75, 3.05) is 0 Å². The number of imidazole rings is 1. The zero-order valence-electron chi connectivity index (χ0n) is 10.8. The van der Waals surface area contributed by atoms with Crippen LogP contribution in [-0.4, -0.2) is 20.4 Å². The fourth-order valence-electron chi connectivity index (χ4n) is 2.14. The van der Waals surface area contributed by atoms with E-state index >= 15 is 0 Å². The van der Waals surface area contributed by atoms with Crippen molar-refractivity contribution in [1.82, 2.24) is 19.7 Å². The van der Waals surface area contributed by atoms with E-state index < -0.39 is 0 Å². The molecule has 3 aromatic rings. The molecule has 0 spiro atoms. The Morgan fingerprint density at radius 3 is 3.15 bits per heavy atom. The normalized spacial score (nSPS) is 15.0. The highest BCUT2D eigenvalue weighted by atomic mass is 32.2. The Morgan fingerprint density at radius 2 is 2.35 bits per heavy atom. The maximum atomic E-state index is 4.74. The van der Waals surface area contributed by atoms with Crippen molar-refractivity contribution in [3.8, 4) is 0 Å². The summed E-state index contributed by atoms with van der Waals surface area (Å²) in [5.41, 5.74) is 2.23. The van der Waals surface area contributed by atoms with Gasteiger partial charge in [0.2, 0.25) is 0 Å². The molecule has 0 bridgehead atoms. The first-order valence-corrected chi connectivity index (χ1v) is 8.36. The Bertz CT molecular complexity index is 716. The van der Waals surface area contributed by atoms with Crippen molar-refractivity contribution in [2.45, 2.75) is 34.8 Å². The minimum atomic E-state index is 0.696. The molecular formula is C14H14N4S2. The summed E-state index contributed by atoms with van der Waals surface area (Å²) in [5.74, 6) is 0. The summed E-state index contributed by atoms with van der Waals surface area (Å²) < 4.78 is 3.21. The lowest BCUT2D eigenvalue weighted by atomic mass is 10.4. The van der Waals surface area contributed by atoms with E-state index in [1.807, 2.05) is 29.8 Å². The molecule has 0 amide bonds. The molecule has 0 atom stereocenters. The quantitative estimate of drug-likeness (QED) is 0.786. The Kier molecular flexibility index (Phi) is 3.22. The third kappa shape index (κ3) is 2.46. The van der Waals surface area contributed by atoms with Gasteiger partial charge in [-0.1, -0.05) is 6.07 Å². The number of fused-ring (bicyclic) bond motifs is 1. The van der Waals surface area contributed by atoms with Crippen LogP contribution in [0.5, 0.6) is 0 Å². The van der Waals surface area contributed by atoms with E-state index in [0.717, 1.165) is 21.6 Å². The van der Waals surface area contributed by atoms with Gasteiger partial charge < -0.3 is 9.72 Å². The second-order valence-corrected chi connectivity index (χ2v) is 6.98. The zero-order valence-corrected chi connectivity index (χ0v) is 12.5. The van der Waals surface area contributed by atoms with Crippen molar-refractivity contribution in [3.63, 3.8) is 0 Å². The van der Waals surface area contributed by atoms with Gasteiger partial charge in [0.15, 0.2) is 4.34 Å². The molecule has 1 aliphatic carbocycles. The molecule has 1 fully saturated rings. The first-order valence-electron chi connectivity index (χ1n) is 6.67. The van der Waals surface area contributed by atoms with Gasteiger partial charge >= 0.3 is 0 Å². The highest BCUT2D eigenvalue weighted by Gasteiger charge is 2.22. The smallest absolute Gasteiger partial charge is 0.156 e. The summed E-state index contributed by atoms with van der Waals surface area (Å²) in [4.78, 5) is 9.08. The number of hydrogen-bond acceptors (Lipinski definition) is 5. The maximum absolute atomic E-state index is 4.74. The Morgan fingerprint density at radius 1 is 1.40 bits per heavy atom. The lowest BCUT2D eigenvalue weighted by Gasteiger charge is -2.05. The largest absolute Gasteiger partial charge is 0.308 e. The number of aromatic nitrogens is 3. The molecule has 4 rings (SSSR count). The topological polar surface area (TPSA) is 42.2 Å². The van der Waals surface area contributed by atoms with Crippen LogP contribution >= 0.6 is 23.1 Å². The SMILES string of the molecule is c1ccn2c(CNC3CC3)c(Sc3nccs3)nc2c1. The molecule has 0 unspecified atom stereocenters. The van der Waals surface area contributed by atoms with Gasteiger partial charge in [-0.05, 0) is 36.7 Å². The molecule has 1 saturated carbocycles. The lowest BCUT2D eigenvalue weighted by Crippen LogP contribution is -2.17. The van der Waals surface area contributed by atoms with Crippen molar-refractivity contribution in [1.29, 1.82) is 0 Å². The number of thiazole rings is 1. The number of pyridine rings is 1. The molecular weight excluding hydrogens is 288 g/mol. The molecule has 3 aromatic heterocycles. The molecule has 0 saturated heterocycles. The summed E-state index contributed by atoms with van der Waals surface area (Å²) in [6, 6.07) is 6.82. The summed E-state index contributed by atoms with van der Waals surface area (Å²) in [6.45, 7) is 0.865. The van der Waals surface area contributed by atoms with Crippen LogP contribution in [0.15, 0.2) is 45.3 Å².